The van der Waals surface area contributed by atoms with E-state index in [1.807, 2.05) is 30.0 Å². The lowest BCUT2D eigenvalue weighted by molar-refractivity contribution is 0.444. The molecule has 0 aliphatic heterocycles. The maximum absolute atomic E-state index is 5.91. The lowest BCUT2D eigenvalue weighted by Gasteiger charge is -2.06. The molecule has 1 aliphatic carbocycles. The van der Waals surface area contributed by atoms with Gasteiger partial charge in [-0.2, -0.15) is 0 Å². The number of aromatic nitrogens is 3. The SMILES string of the molecule is Cc1nccn1-c1ccc(CNCc2ccc([C@@H]3C[C@@H]3C)o2)cn1. The third-order valence-corrected chi connectivity index (χ3v) is 4.67. The van der Waals surface area contributed by atoms with E-state index < -0.39 is 0 Å². The molecular formula is C19H22N4O. The minimum Gasteiger partial charge on any atom is -0.464 e. The van der Waals surface area contributed by atoms with Gasteiger partial charge in [-0.3, -0.25) is 4.57 Å². The molecule has 3 aromatic heterocycles. The second kappa shape index (κ2) is 6.24. The highest BCUT2D eigenvalue weighted by Gasteiger charge is 2.36. The first-order valence-corrected chi connectivity index (χ1v) is 8.45. The molecule has 0 bridgehead atoms. The van der Waals surface area contributed by atoms with E-state index in [9.17, 15) is 0 Å². The van der Waals surface area contributed by atoms with E-state index in [0.717, 1.165) is 47.7 Å². The van der Waals surface area contributed by atoms with Crippen molar-refractivity contribution in [3.63, 3.8) is 0 Å². The summed E-state index contributed by atoms with van der Waals surface area (Å²) < 4.78 is 7.88. The van der Waals surface area contributed by atoms with Crippen LogP contribution in [0.5, 0.6) is 0 Å². The van der Waals surface area contributed by atoms with E-state index >= 15 is 0 Å². The highest BCUT2D eigenvalue weighted by Crippen LogP contribution is 2.47. The van der Waals surface area contributed by atoms with Gasteiger partial charge in [0.1, 0.15) is 23.2 Å². The van der Waals surface area contributed by atoms with Crippen LogP contribution in [0.2, 0.25) is 0 Å². The lowest BCUT2D eigenvalue weighted by atomic mass is 10.2. The Morgan fingerprint density at radius 3 is 2.75 bits per heavy atom. The van der Waals surface area contributed by atoms with E-state index in [1.54, 1.807) is 6.20 Å². The number of rotatable bonds is 6. The molecule has 3 aromatic rings. The molecule has 1 fully saturated rings. The second-order valence-corrected chi connectivity index (χ2v) is 6.60. The molecule has 24 heavy (non-hydrogen) atoms. The van der Waals surface area contributed by atoms with Crippen LogP contribution >= 0.6 is 0 Å². The van der Waals surface area contributed by atoms with Crippen molar-refractivity contribution in [2.45, 2.75) is 39.3 Å². The van der Waals surface area contributed by atoms with Crippen LogP contribution in [0.3, 0.4) is 0 Å². The highest BCUT2D eigenvalue weighted by atomic mass is 16.3. The summed E-state index contributed by atoms with van der Waals surface area (Å²) >= 11 is 0. The number of hydrogen-bond donors (Lipinski definition) is 1. The normalized spacial score (nSPS) is 19.6. The molecule has 0 saturated heterocycles. The van der Waals surface area contributed by atoms with Crippen LogP contribution in [-0.4, -0.2) is 14.5 Å². The monoisotopic (exact) mass is 322 g/mol. The molecule has 5 nitrogen and oxygen atoms in total. The van der Waals surface area contributed by atoms with E-state index in [0.29, 0.717) is 5.92 Å². The van der Waals surface area contributed by atoms with Crippen molar-refractivity contribution in [2.24, 2.45) is 5.92 Å². The Balaban J connectivity index is 1.31. The van der Waals surface area contributed by atoms with Crippen molar-refractivity contribution in [2.75, 3.05) is 0 Å². The van der Waals surface area contributed by atoms with Crippen LogP contribution in [0.1, 0.15) is 42.2 Å². The van der Waals surface area contributed by atoms with Gasteiger partial charge in [0.05, 0.1) is 6.54 Å². The standard InChI is InChI=1S/C19H22N4O/c1-13-9-17(13)18-5-4-16(24-18)12-20-10-15-3-6-19(22-11-15)23-8-7-21-14(23)2/h3-8,11,13,17,20H,9-10,12H2,1-2H3/t13-,17+/m0/s1. The van der Waals surface area contributed by atoms with Gasteiger partial charge in [-0.1, -0.05) is 13.0 Å². The Bertz CT molecular complexity index is 818. The smallest absolute Gasteiger partial charge is 0.137 e. The van der Waals surface area contributed by atoms with Crippen molar-refractivity contribution in [3.8, 4) is 5.82 Å². The van der Waals surface area contributed by atoms with Crippen molar-refractivity contribution < 1.29 is 4.42 Å². The molecule has 4 rings (SSSR count). The third kappa shape index (κ3) is 3.12. The van der Waals surface area contributed by atoms with Gasteiger partial charge in [-0.15, -0.1) is 0 Å². The van der Waals surface area contributed by atoms with Crippen LogP contribution in [0, 0.1) is 12.8 Å². The molecule has 0 amide bonds. The zero-order chi connectivity index (χ0) is 16.5. The molecule has 3 heterocycles. The third-order valence-electron chi connectivity index (χ3n) is 4.67. The number of hydrogen-bond acceptors (Lipinski definition) is 4. The van der Waals surface area contributed by atoms with Crippen molar-refractivity contribution in [3.05, 3.63) is 65.8 Å². The average molecular weight is 322 g/mol. The predicted molar refractivity (Wildman–Crippen MR) is 91.9 cm³/mol. The minimum absolute atomic E-state index is 0.641. The molecule has 0 spiro atoms. The van der Waals surface area contributed by atoms with Crippen molar-refractivity contribution in [1.82, 2.24) is 19.9 Å². The summed E-state index contributed by atoms with van der Waals surface area (Å²) in [5.74, 6) is 5.39. The second-order valence-electron chi connectivity index (χ2n) is 6.60. The zero-order valence-corrected chi connectivity index (χ0v) is 14.1. The Kier molecular flexibility index (Phi) is 3.94. The summed E-state index contributed by atoms with van der Waals surface area (Å²) in [7, 11) is 0. The number of imidazole rings is 1. The summed E-state index contributed by atoms with van der Waals surface area (Å²) in [4.78, 5) is 8.73. The first kappa shape index (κ1) is 15.1. The lowest BCUT2D eigenvalue weighted by Crippen LogP contribution is -2.12. The van der Waals surface area contributed by atoms with Gasteiger partial charge in [-0.25, -0.2) is 9.97 Å². The summed E-state index contributed by atoms with van der Waals surface area (Å²) in [6.45, 7) is 5.75. The number of nitrogens with zero attached hydrogens (tertiary/aromatic N) is 3. The van der Waals surface area contributed by atoms with Crippen LogP contribution in [0.15, 0.2) is 47.3 Å². The van der Waals surface area contributed by atoms with Gasteiger partial charge in [0.15, 0.2) is 0 Å². The first-order valence-electron chi connectivity index (χ1n) is 8.45. The minimum atomic E-state index is 0.641. The Labute approximate surface area is 141 Å². The molecule has 1 N–H and O–H groups in total. The summed E-state index contributed by atoms with van der Waals surface area (Å²) in [6, 6.07) is 8.31. The van der Waals surface area contributed by atoms with E-state index in [4.69, 9.17) is 4.42 Å². The molecule has 5 heteroatoms. The summed E-state index contributed by atoms with van der Waals surface area (Å²) in [5.41, 5.74) is 1.15. The molecule has 0 unspecified atom stereocenters. The Morgan fingerprint density at radius 1 is 1.21 bits per heavy atom. The van der Waals surface area contributed by atoms with Gasteiger partial charge in [0, 0.05) is 31.1 Å². The number of furan rings is 1. The molecule has 124 valence electrons. The van der Waals surface area contributed by atoms with Gasteiger partial charge in [-0.05, 0) is 43.0 Å². The zero-order valence-electron chi connectivity index (χ0n) is 14.1. The van der Waals surface area contributed by atoms with Gasteiger partial charge in [0.25, 0.3) is 0 Å². The van der Waals surface area contributed by atoms with Gasteiger partial charge >= 0.3 is 0 Å². The fourth-order valence-corrected chi connectivity index (χ4v) is 3.02. The van der Waals surface area contributed by atoms with Gasteiger partial charge < -0.3 is 9.73 Å². The summed E-state index contributed by atoms with van der Waals surface area (Å²) in [6.07, 6.45) is 6.87. The van der Waals surface area contributed by atoms with Crippen LogP contribution in [-0.2, 0) is 13.1 Å². The van der Waals surface area contributed by atoms with Crippen molar-refractivity contribution >= 4 is 0 Å². The van der Waals surface area contributed by atoms with E-state index in [2.05, 4.69) is 40.4 Å². The quantitative estimate of drug-likeness (QED) is 0.753. The summed E-state index contributed by atoms with van der Waals surface area (Å²) in [5, 5.41) is 3.41. The Hall–Kier alpha value is -2.40. The van der Waals surface area contributed by atoms with Crippen LogP contribution in [0.4, 0.5) is 0 Å². The van der Waals surface area contributed by atoms with Gasteiger partial charge in [0.2, 0.25) is 0 Å². The maximum atomic E-state index is 5.91. The molecular weight excluding hydrogens is 300 g/mol. The Morgan fingerprint density at radius 2 is 2.08 bits per heavy atom. The predicted octanol–water partition coefficient (Wildman–Crippen LogP) is 3.58. The average Bonchev–Trinajstić information content (AvgIpc) is 2.99. The van der Waals surface area contributed by atoms with Crippen molar-refractivity contribution in [1.29, 1.82) is 0 Å². The number of nitrogens with one attached hydrogen (secondary N) is 1. The molecule has 0 aromatic carbocycles. The molecule has 2 atom stereocenters. The number of pyridine rings is 1. The van der Waals surface area contributed by atoms with Crippen LogP contribution < -0.4 is 5.32 Å². The number of aryl methyl sites for hydroxylation is 1. The molecule has 1 aliphatic rings. The fraction of sp³-hybridized carbons (Fsp3) is 0.368. The fourth-order valence-electron chi connectivity index (χ4n) is 3.02. The van der Waals surface area contributed by atoms with Crippen LogP contribution in [0.25, 0.3) is 5.82 Å². The highest BCUT2D eigenvalue weighted by molar-refractivity contribution is 5.27. The first-order chi connectivity index (χ1) is 11.7. The molecule has 0 radical (unpaired) electrons. The largest absolute Gasteiger partial charge is 0.464 e. The van der Waals surface area contributed by atoms with E-state index in [1.165, 1.54) is 6.42 Å². The topological polar surface area (TPSA) is 55.9 Å². The van der Waals surface area contributed by atoms with E-state index in [-0.39, 0.29) is 0 Å². The maximum Gasteiger partial charge on any atom is 0.137 e. The molecule has 1 saturated carbocycles.